The van der Waals surface area contributed by atoms with Crippen LogP contribution in [-0.4, -0.2) is 75.5 Å². The molecule has 0 aliphatic carbocycles. The van der Waals surface area contributed by atoms with Crippen LogP contribution in [0.25, 0.3) is 0 Å². The Labute approximate surface area is 337 Å². The summed E-state index contributed by atoms with van der Waals surface area (Å²) in [6, 6.07) is -0.739. The number of aliphatic carboxylic acids is 1. The van der Waals surface area contributed by atoms with Crippen LogP contribution in [0, 0.1) is 0 Å². The van der Waals surface area contributed by atoms with Gasteiger partial charge in [0, 0.05) is 12.8 Å². The molecule has 0 rings (SSSR count). The number of carbonyl (C=O) groups is 3. The van der Waals surface area contributed by atoms with Crippen molar-refractivity contribution in [2.75, 3.05) is 41.0 Å². The van der Waals surface area contributed by atoms with E-state index >= 15 is 0 Å². The maximum Gasteiger partial charge on any atom is 0.309 e. The molecule has 0 radical (unpaired) electrons. The molecular formula is C47H81NO7. The topological polar surface area (TPSA) is 102 Å². The van der Waals surface area contributed by atoms with Crippen molar-refractivity contribution in [2.24, 2.45) is 0 Å². The van der Waals surface area contributed by atoms with Crippen LogP contribution in [0.1, 0.15) is 168 Å². The molecule has 55 heavy (non-hydrogen) atoms. The predicted octanol–water partition coefficient (Wildman–Crippen LogP) is 10.5. The summed E-state index contributed by atoms with van der Waals surface area (Å²) in [6.45, 7) is 4.41. The van der Waals surface area contributed by atoms with Crippen molar-refractivity contribution in [1.29, 1.82) is 0 Å². The van der Waals surface area contributed by atoms with E-state index in [9.17, 15) is 19.5 Å². The number of rotatable bonds is 38. The molecule has 0 fully saturated rings. The Morgan fingerprint density at radius 1 is 0.582 bits per heavy atom. The van der Waals surface area contributed by atoms with Crippen molar-refractivity contribution < 1.29 is 38.2 Å². The van der Waals surface area contributed by atoms with E-state index < -0.39 is 24.1 Å². The van der Waals surface area contributed by atoms with Gasteiger partial charge in [-0.05, 0) is 57.8 Å². The number of quaternary nitrogens is 1. The van der Waals surface area contributed by atoms with Crippen molar-refractivity contribution >= 4 is 17.9 Å². The number of ether oxygens (including phenoxy) is 3. The van der Waals surface area contributed by atoms with Crippen LogP contribution < -0.4 is 5.11 Å². The fourth-order valence-electron chi connectivity index (χ4n) is 6.04. The first kappa shape index (κ1) is 52.0. The molecule has 0 bridgehead atoms. The lowest BCUT2D eigenvalue weighted by Gasteiger charge is -2.34. The number of unbranched alkanes of at least 4 members (excludes halogenated alkanes) is 15. The molecular weight excluding hydrogens is 691 g/mol. The second-order valence-corrected chi connectivity index (χ2v) is 15.6. The minimum atomic E-state index is -1.14. The van der Waals surface area contributed by atoms with Gasteiger partial charge in [0.25, 0.3) is 0 Å². The normalized spacial score (nSPS) is 13.5. The van der Waals surface area contributed by atoms with Gasteiger partial charge in [0.1, 0.15) is 12.6 Å². The van der Waals surface area contributed by atoms with Gasteiger partial charge in [-0.2, -0.15) is 0 Å². The number of carboxylic acid groups (broad SMARTS) is 1. The number of allylic oxidation sites excluding steroid dienone is 9. The van der Waals surface area contributed by atoms with Crippen LogP contribution in [0.2, 0.25) is 0 Å². The summed E-state index contributed by atoms with van der Waals surface area (Å²) in [7, 11) is 5.37. The number of likely N-dealkylation sites (N-methyl/N-ethyl adjacent to an activating group) is 1. The Bertz CT molecular complexity index is 1090. The van der Waals surface area contributed by atoms with Crippen LogP contribution >= 0.6 is 0 Å². The number of hydrogen-bond donors (Lipinski definition) is 0. The molecule has 8 heteroatoms. The molecule has 0 N–H and O–H groups in total. The summed E-state index contributed by atoms with van der Waals surface area (Å²) in [5, 5.41) is 11.6. The second kappa shape index (κ2) is 37.9. The summed E-state index contributed by atoms with van der Waals surface area (Å²) in [6.07, 6.45) is 45.8. The monoisotopic (exact) mass is 772 g/mol. The van der Waals surface area contributed by atoms with Gasteiger partial charge in [-0.25, -0.2) is 0 Å². The molecule has 0 spiro atoms. The Hall–Kier alpha value is -2.97. The van der Waals surface area contributed by atoms with Crippen LogP contribution in [0.4, 0.5) is 0 Å². The average Bonchev–Trinajstić information content (AvgIpc) is 3.14. The van der Waals surface area contributed by atoms with Crippen molar-refractivity contribution in [3.8, 4) is 0 Å². The van der Waals surface area contributed by atoms with Gasteiger partial charge in [-0.3, -0.25) is 9.59 Å². The summed E-state index contributed by atoms with van der Waals surface area (Å²) >= 11 is 0. The van der Waals surface area contributed by atoms with E-state index in [2.05, 4.69) is 62.5 Å². The Balaban J connectivity index is 4.31. The van der Waals surface area contributed by atoms with Crippen LogP contribution in [-0.2, 0) is 28.6 Å². The molecule has 2 atom stereocenters. The number of carbonyl (C=O) groups excluding carboxylic acids is 3. The third kappa shape index (κ3) is 36.4. The van der Waals surface area contributed by atoms with Crippen molar-refractivity contribution in [3.05, 3.63) is 60.8 Å². The van der Waals surface area contributed by atoms with Gasteiger partial charge in [-0.15, -0.1) is 0 Å². The highest BCUT2D eigenvalue weighted by molar-refractivity contribution is 5.71. The summed E-state index contributed by atoms with van der Waals surface area (Å²) < 4.78 is 17.0. The Kier molecular flexibility index (Phi) is 35.9. The molecule has 0 aromatic heterocycles. The molecule has 0 aromatic rings. The van der Waals surface area contributed by atoms with Crippen molar-refractivity contribution in [3.63, 3.8) is 0 Å². The number of nitrogens with zero attached hydrogens (tertiary/aromatic N) is 1. The van der Waals surface area contributed by atoms with Crippen molar-refractivity contribution in [2.45, 2.75) is 180 Å². The molecule has 8 nitrogen and oxygen atoms in total. The van der Waals surface area contributed by atoms with E-state index in [0.717, 1.165) is 57.8 Å². The zero-order valence-electron chi connectivity index (χ0n) is 35.8. The minimum absolute atomic E-state index is 0.00822. The van der Waals surface area contributed by atoms with E-state index in [1.165, 1.54) is 77.0 Å². The van der Waals surface area contributed by atoms with Crippen LogP contribution in [0.3, 0.4) is 0 Å². The lowest BCUT2D eigenvalue weighted by atomic mass is 10.1. The van der Waals surface area contributed by atoms with Crippen molar-refractivity contribution in [1.82, 2.24) is 0 Å². The number of hydrogen-bond acceptors (Lipinski definition) is 7. The Morgan fingerprint density at radius 2 is 1.07 bits per heavy atom. The first-order valence-electron chi connectivity index (χ1n) is 21.8. The van der Waals surface area contributed by atoms with Gasteiger partial charge < -0.3 is 28.6 Å². The fourth-order valence-corrected chi connectivity index (χ4v) is 6.04. The standard InChI is InChI=1S/C47H81NO7/c1-6-8-10-12-14-16-17-18-19-20-21-22-23-24-25-26-27-28-30-32-34-36-38-46(50)55-43(41-53-40-39-44(47(51)52)48(3,4)5)42-54-45(49)37-35-33-31-29-15-13-11-9-7-2/h9,11,15,20-21,23-24,29,33,35,43-44H,6-8,10,12-14,16-19,22,25-28,30-32,34,36-42H2,1-5H3/b11-9+,21-20+,24-23+,29-15+,35-33+. The first-order valence-corrected chi connectivity index (χ1v) is 21.8. The highest BCUT2D eigenvalue weighted by Gasteiger charge is 2.25. The van der Waals surface area contributed by atoms with Gasteiger partial charge in [0.05, 0.1) is 46.7 Å². The third-order valence-electron chi connectivity index (χ3n) is 9.42. The summed E-state index contributed by atoms with van der Waals surface area (Å²) in [5.74, 6) is -1.90. The summed E-state index contributed by atoms with van der Waals surface area (Å²) in [4.78, 5) is 36.6. The predicted molar refractivity (Wildman–Crippen MR) is 226 cm³/mol. The molecule has 0 heterocycles. The lowest BCUT2D eigenvalue weighted by molar-refractivity contribution is -0.889. The van der Waals surface area contributed by atoms with Crippen LogP contribution in [0.5, 0.6) is 0 Å². The molecule has 2 unspecified atom stereocenters. The van der Waals surface area contributed by atoms with Gasteiger partial charge >= 0.3 is 11.9 Å². The van der Waals surface area contributed by atoms with Gasteiger partial charge in [0.2, 0.25) is 0 Å². The van der Waals surface area contributed by atoms with Crippen LogP contribution in [0.15, 0.2) is 60.8 Å². The molecule has 0 aliphatic heterocycles. The molecule has 0 amide bonds. The molecule has 316 valence electrons. The van der Waals surface area contributed by atoms with E-state index in [-0.39, 0.29) is 43.1 Å². The molecule has 0 saturated heterocycles. The Morgan fingerprint density at radius 3 is 1.60 bits per heavy atom. The zero-order valence-corrected chi connectivity index (χ0v) is 35.8. The second-order valence-electron chi connectivity index (χ2n) is 15.6. The highest BCUT2D eigenvalue weighted by atomic mass is 16.6. The van der Waals surface area contributed by atoms with E-state index in [0.29, 0.717) is 6.42 Å². The maximum absolute atomic E-state index is 12.7. The quantitative estimate of drug-likeness (QED) is 0.0266. The van der Waals surface area contributed by atoms with E-state index in [4.69, 9.17) is 14.2 Å². The third-order valence-corrected chi connectivity index (χ3v) is 9.42. The molecule has 0 aliphatic rings. The zero-order chi connectivity index (χ0) is 40.7. The number of carboxylic acids is 1. The molecule has 0 saturated carbocycles. The molecule has 0 aromatic carbocycles. The van der Waals surface area contributed by atoms with Gasteiger partial charge in [0.15, 0.2) is 6.10 Å². The first-order chi connectivity index (χ1) is 26.6. The highest BCUT2D eigenvalue weighted by Crippen LogP contribution is 2.13. The van der Waals surface area contributed by atoms with E-state index in [1.54, 1.807) is 27.2 Å². The summed E-state index contributed by atoms with van der Waals surface area (Å²) in [5.41, 5.74) is 0. The smallest absolute Gasteiger partial charge is 0.309 e. The minimum Gasteiger partial charge on any atom is -0.544 e. The number of esters is 2. The van der Waals surface area contributed by atoms with Gasteiger partial charge in [-0.1, -0.05) is 152 Å². The van der Waals surface area contributed by atoms with E-state index in [1.807, 2.05) is 6.08 Å². The largest absolute Gasteiger partial charge is 0.544 e. The average molecular weight is 772 g/mol. The lowest BCUT2D eigenvalue weighted by Crippen LogP contribution is -2.55. The maximum atomic E-state index is 12.7. The fraction of sp³-hybridized carbons (Fsp3) is 0.723. The SMILES string of the molecule is CC/C=C/C/C=C/C/C=C/CC(=O)OCC(COCCC(C(=O)[O-])[N+](C)(C)C)OC(=O)CCCCCCCCC/C=C/C/C=C/CCCCCCCCCC.